The van der Waals surface area contributed by atoms with Crippen LogP contribution in [0.3, 0.4) is 0 Å². The van der Waals surface area contributed by atoms with Gasteiger partial charge in [-0.2, -0.15) is 0 Å². The average molecular weight is 155 g/mol. The van der Waals surface area contributed by atoms with Crippen molar-refractivity contribution in [2.75, 3.05) is 0 Å². The smallest absolute Gasteiger partial charge is 0.00467 e. The van der Waals surface area contributed by atoms with Gasteiger partial charge in [0.2, 0.25) is 0 Å². The zero-order chi connectivity index (χ0) is 8.91. The molecule has 0 radical (unpaired) electrons. The zero-order valence-corrected chi connectivity index (χ0v) is 8.06. The molecular weight excluding hydrogens is 134 g/mol. The van der Waals surface area contributed by atoms with Crippen molar-refractivity contribution in [3.8, 4) is 0 Å². The van der Waals surface area contributed by atoms with Crippen LogP contribution in [0.4, 0.5) is 0 Å². The minimum absolute atomic E-state index is 0.341. The Hall–Kier alpha value is -0.300. The lowest BCUT2D eigenvalue weighted by molar-refractivity contribution is 0.332. The van der Waals surface area contributed by atoms with Crippen molar-refractivity contribution in [2.45, 2.75) is 46.1 Å². The van der Waals surface area contributed by atoms with Gasteiger partial charge < -0.3 is 5.73 Å². The van der Waals surface area contributed by atoms with Gasteiger partial charge >= 0.3 is 0 Å². The molecule has 0 aliphatic rings. The second kappa shape index (κ2) is 4.55. The summed E-state index contributed by atoms with van der Waals surface area (Å²) in [7, 11) is 0. The van der Waals surface area contributed by atoms with Crippen LogP contribution in [0, 0.1) is 5.41 Å². The topological polar surface area (TPSA) is 26.0 Å². The van der Waals surface area contributed by atoms with Crippen LogP contribution in [-0.2, 0) is 0 Å². The quantitative estimate of drug-likeness (QED) is 0.621. The van der Waals surface area contributed by atoms with Crippen LogP contribution in [0.2, 0.25) is 0 Å². The van der Waals surface area contributed by atoms with E-state index in [0.29, 0.717) is 11.5 Å². The Bertz CT molecular complexity index is 111. The molecule has 1 nitrogen and oxygen atoms in total. The first-order chi connectivity index (χ1) is 4.95. The highest BCUT2D eigenvalue weighted by Crippen LogP contribution is 2.21. The Kier molecular flexibility index (Phi) is 4.43. The molecule has 0 spiro atoms. The summed E-state index contributed by atoms with van der Waals surface area (Å²) >= 11 is 0. The minimum atomic E-state index is 0.341. The van der Waals surface area contributed by atoms with Crippen molar-refractivity contribution in [1.29, 1.82) is 0 Å². The van der Waals surface area contributed by atoms with Crippen LogP contribution < -0.4 is 5.73 Å². The maximum absolute atomic E-state index is 5.90. The Morgan fingerprint density at radius 2 is 2.00 bits per heavy atom. The fraction of sp³-hybridized carbons (Fsp3) is 0.800. The number of hydrogen-bond donors (Lipinski definition) is 1. The van der Waals surface area contributed by atoms with Gasteiger partial charge in [-0.25, -0.2) is 0 Å². The monoisotopic (exact) mass is 155 g/mol. The number of rotatable bonds is 4. The van der Waals surface area contributed by atoms with Crippen LogP contribution in [0.25, 0.3) is 0 Å². The van der Waals surface area contributed by atoms with E-state index in [2.05, 4.69) is 27.4 Å². The molecule has 0 bridgehead atoms. The molecule has 0 amide bonds. The average Bonchev–Trinajstić information content (AvgIpc) is 1.79. The first kappa shape index (κ1) is 10.7. The van der Waals surface area contributed by atoms with Gasteiger partial charge in [-0.3, -0.25) is 0 Å². The van der Waals surface area contributed by atoms with Gasteiger partial charge in [-0.15, -0.1) is 6.58 Å². The van der Waals surface area contributed by atoms with Gasteiger partial charge in [-0.1, -0.05) is 26.8 Å². The van der Waals surface area contributed by atoms with E-state index in [4.69, 9.17) is 5.73 Å². The van der Waals surface area contributed by atoms with Crippen molar-refractivity contribution in [3.05, 3.63) is 12.7 Å². The first-order valence-corrected chi connectivity index (χ1v) is 4.32. The molecule has 1 unspecified atom stereocenters. The zero-order valence-electron chi connectivity index (χ0n) is 8.06. The lowest BCUT2D eigenvalue weighted by Crippen LogP contribution is -2.25. The summed E-state index contributed by atoms with van der Waals surface area (Å²) in [5.74, 6) is 0. The van der Waals surface area contributed by atoms with E-state index < -0.39 is 0 Å². The van der Waals surface area contributed by atoms with Crippen LogP contribution in [0.15, 0.2) is 12.7 Å². The second-order valence-corrected chi connectivity index (χ2v) is 4.39. The van der Waals surface area contributed by atoms with Gasteiger partial charge in [0.25, 0.3) is 0 Å². The summed E-state index contributed by atoms with van der Waals surface area (Å²) < 4.78 is 0. The van der Waals surface area contributed by atoms with Crippen LogP contribution in [-0.4, -0.2) is 6.04 Å². The van der Waals surface area contributed by atoms with E-state index in [0.717, 1.165) is 19.3 Å². The van der Waals surface area contributed by atoms with Gasteiger partial charge in [-0.05, 0) is 24.7 Å². The van der Waals surface area contributed by atoms with E-state index in [1.165, 1.54) is 0 Å². The standard InChI is InChI=1S/C10H21N/c1-5-6-7-9(11)8-10(2,3)4/h5,9H,1,6-8,11H2,2-4H3. The molecule has 0 saturated carbocycles. The summed E-state index contributed by atoms with van der Waals surface area (Å²) in [6, 6.07) is 0.341. The predicted molar refractivity (Wildman–Crippen MR) is 51.5 cm³/mol. The highest BCUT2D eigenvalue weighted by atomic mass is 14.6. The molecule has 0 aliphatic heterocycles. The van der Waals surface area contributed by atoms with Gasteiger partial charge in [0, 0.05) is 6.04 Å². The molecule has 2 N–H and O–H groups in total. The highest BCUT2D eigenvalue weighted by molar-refractivity contribution is 4.75. The third-order valence-electron chi connectivity index (χ3n) is 1.62. The normalized spacial score (nSPS) is 14.5. The summed E-state index contributed by atoms with van der Waals surface area (Å²) in [6.45, 7) is 10.3. The van der Waals surface area contributed by atoms with E-state index in [9.17, 15) is 0 Å². The molecule has 0 aromatic heterocycles. The maximum atomic E-state index is 5.90. The lowest BCUT2D eigenvalue weighted by atomic mass is 9.87. The predicted octanol–water partition coefficient (Wildman–Crippen LogP) is 2.72. The molecule has 0 rings (SSSR count). The molecule has 0 aliphatic carbocycles. The highest BCUT2D eigenvalue weighted by Gasteiger charge is 2.14. The fourth-order valence-corrected chi connectivity index (χ4v) is 1.22. The molecule has 0 heterocycles. The van der Waals surface area contributed by atoms with Crippen molar-refractivity contribution in [1.82, 2.24) is 0 Å². The van der Waals surface area contributed by atoms with Crippen LogP contribution in [0.1, 0.15) is 40.0 Å². The fourth-order valence-electron chi connectivity index (χ4n) is 1.22. The molecule has 0 saturated heterocycles. The molecule has 1 atom stereocenters. The van der Waals surface area contributed by atoms with E-state index in [1.54, 1.807) is 0 Å². The summed E-state index contributed by atoms with van der Waals surface area (Å²) in [5, 5.41) is 0. The number of allylic oxidation sites excluding steroid dienone is 1. The molecule has 0 fully saturated rings. The third kappa shape index (κ3) is 7.60. The largest absolute Gasteiger partial charge is 0.328 e. The van der Waals surface area contributed by atoms with Crippen molar-refractivity contribution in [3.63, 3.8) is 0 Å². The third-order valence-corrected chi connectivity index (χ3v) is 1.62. The van der Waals surface area contributed by atoms with Crippen molar-refractivity contribution in [2.24, 2.45) is 11.1 Å². The molecular formula is C10H21N. The van der Waals surface area contributed by atoms with Crippen LogP contribution >= 0.6 is 0 Å². The Morgan fingerprint density at radius 3 is 2.36 bits per heavy atom. The summed E-state index contributed by atoms with van der Waals surface area (Å²) in [6.07, 6.45) is 5.14. The SMILES string of the molecule is C=CCCC(N)CC(C)(C)C. The summed E-state index contributed by atoms with van der Waals surface area (Å²) in [5.41, 5.74) is 6.26. The minimum Gasteiger partial charge on any atom is -0.328 e. The molecule has 66 valence electrons. The Labute approximate surface area is 70.7 Å². The first-order valence-electron chi connectivity index (χ1n) is 4.32. The van der Waals surface area contributed by atoms with Crippen molar-refractivity contribution >= 4 is 0 Å². The molecule has 11 heavy (non-hydrogen) atoms. The maximum Gasteiger partial charge on any atom is 0.00467 e. The van der Waals surface area contributed by atoms with Gasteiger partial charge in [0.1, 0.15) is 0 Å². The summed E-state index contributed by atoms with van der Waals surface area (Å²) in [4.78, 5) is 0. The van der Waals surface area contributed by atoms with Crippen molar-refractivity contribution < 1.29 is 0 Å². The Morgan fingerprint density at radius 1 is 1.45 bits per heavy atom. The molecule has 0 aromatic rings. The molecule has 1 heteroatoms. The Balaban J connectivity index is 3.51. The van der Waals surface area contributed by atoms with Gasteiger partial charge in [0.15, 0.2) is 0 Å². The van der Waals surface area contributed by atoms with E-state index in [1.807, 2.05) is 6.08 Å². The van der Waals surface area contributed by atoms with E-state index >= 15 is 0 Å². The second-order valence-electron chi connectivity index (χ2n) is 4.39. The number of hydrogen-bond acceptors (Lipinski definition) is 1. The molecule has 0 aromatic carbocycles. The van der Waals surface area contributed by atoms with E-state index in [-0.39, 0.29) is 0 Å². The van der Waals surface area contributed by atoms with Crippen LogP contribution in [0.5, 0.6) is 0 Å². The number of nitrogens with two attached hydrogens (primary N) is 1. The lowest BCUT2D eigenvalue weighted by Gasteiger charge is -2.22. The van der Waals surface area contributed by atoms with Gasteiger partial charge in [0.05, 0.1) is 0 Å².